The topological polar surface area (TPSA) is 69.9 Å². The average Bonchev–Trinajstić information content (AvgIpc) is 2.06. The summed E-state index contributed by atoms with van der Waals surface area (Å²) in [5.74, 6) is 0.110. The zero-order chi connectivity index (χ0) is 8.97. The lowest BCUT2D eigenvalue weighted by molar-refractivity contribution is 0.393. The van der Waals surface area contributed by atoms with Gasteiger partial charge in [-0.15, -0.1) is 0 Å². The van der Waals surface area contributed by atoms with Gasteiger partial charge >= 0.3 is 14.8 Å². The summed E-state index contributed by atoms with van der Waals surface area (Å²) in [5.41, 5.74) is 0.457. The molecular formula is C6H7B2O4. The highest BCUT2D eigenvalue weighted by atomic mass is 16.5. The van der Waals surface area contributed by atoms with Gasteiger partial charge in [0.05, 0.1) is 0 Å². The first-order valence-electron chi connectivity index (χ1n) is 3.32. The lowest BCUT2D eigenvalue weighted by Gasteiger charge is -2.04. The smallest absolute Gasteiger partial charge is 0.477 e. The van der Waals surface area contributed by atoms with E-state index in [1.807, 2.05) is 0 Å². The van der Waals surface area contributed by atoms with Gasteiger partial charge in [-0.1, -0.05) is 12.1 Å². The van der Waals surface area contributed by atoms with Crippen LogP contribution in [0.2, 0.25) is 0 Å². The summed E-state index contributed by atoms with van der Waals surface area (Å²) in [4.78, 5) is 0. The normalized spacial score (nSPS) is 9.50. The maximum atomic E-state index is 9.12. The van der Waals surface area contributed by atoms with E-state index in [1.165, 1.54) is 24.3 Å². The first-order valence-corrected chi connectivity index (χ1v) is 3.32. The minimum atomic E-state index is -1.20. The van der Waals surface area contributed by atoms with Crippen molar-refractivity contribution in [1.29, 1.82) is 0 Å². The maximum absolute atomic E-state index is 9.12. The lowest BCUT2D eigenvalue weighted by Crippen LogP contribution is -2.34. The Kier molecular flexibility index (Phi) is 3.16. The first kappa shape index (κ1) is 9.12. The van der Waals surface area contributed by atoms with E-state index in [-0.39, 0.29) is 5.75 Å². The van der Waals surface area contributed by atoms with E-state index in [0.717, 1.165) is 0 Å². The molecule has 12 heavy (non-hydrogen) atoms. The van der Waals surface area contributed by atoms with Crippen molar-refractivity contribution in [1.82, 2.24) is 0 Å². The van der Waals surface area contributed by atoms with Crippen molar-refractivity contribution >= 4 is 20.3 Å². The van der Waals surface area contributed by atoms with Crippen LogP contribution in [0.25, 0.3) is 0 Å². The number of benzene rings is 1. The second-order valence-corrected chi connectivity index (χ2v) is 2.19. The van der Waals surface area contributed by atoms with E-state index in [9.17, 15) is 0 Å². The van der Waals surface area contributed by atoms with E-state index in [0.29, 0.717) is 13.1 Å². The molecule has 1 aromatic rings. The monoisotopic (exact) mass is 165 g/mol. The van der Waals surface area contributed by atoms with Crippen molar-refractivity contribution < 1.29 is 19.7 Å². The van der Waals surface area contributed by atoms with Crippen LogP contribution in [0.4, 0.5) is 0 Å². The van der Waals surface area contributed by atoms with Gasteiger partial charge in [-0.25, -0.2) is 0 Å². The number of aromatic hydroxyl groups is 1. The van der Waals surface area contributed by atoms with Crippen LogP contribution in [0, 0.1) is 0 Å². The standard InChI is InChI=1S/C6H7B2O4/c9-6-3-1-5(2-4-6)8(11)12-7-10/h1-4,9-11H. The van der Waals surface area contributed by atoms with Gasteiger partial charge in [-0.05, 0) is 17.6 Å². The van der Waals surface area contributed by atoms with Crippen LogP contribution in [0.15, 0.2) is 24.3 Å². The Balaban J connectivity index is 2.68. The van der Waals surface area contributed by atoms with E-state index in [4.69, 9.17) is 15.2 Å². The summed E-state index contributed by atoms with van der Waals surface area (Å²) >= 11 is 0. The Bertz CT molecular complexity index is 238. The third-order valence-electron chi connectivity index (χ3n) is 1.37. The highest BCUT2D eigenvalue weighted by Gasteiger charge is 2.15. The van der Waals surface area contributed by atoms with Gasteiger partial charge in [0.2, 0.25) is 0 Å². The fraction of sp³-hybridized carbons (Fsp3) is 0. The van der Waals surface area contributed by atoms with Gasteiger partial charge < -0.3 is 19.7 Å². The van der Waals surface area contributed by atoms with Gasteiger partial charge in [0.15, 0.2) is 0 Å². The van der Waals surface area contributed by atoms with Gasteiger partial charge in [-0.2, -0.15) is 0 Å². The minimum absolute atomic E-state index is 0.110. The predicted octanol–water partition coefficient (Wildman–Crippen LogP) is -1.38. The van der Waals surface area contributed by atoms with Crippen molar-refractivity contribution in [2.24, 2.45) is 0 Å². The first-order chi connectivity index (χ1) is 5.74. The van der Waals surface area contributed by atoms with Crippen molar-refractivity contribution in [3.05, 3.63) is 24.3 Å². The Labute approximate surface area is 70.9 Å². The average molecular weight is 165 g/mol. The summed E-state index contributed by atoms with van der Waals surface area (Å²) in [6.45, 7) is 0. The second kappa shape index (κ2) is 4.15. The van der Waals surface area contributed by atoms with E-state index in [2.05, 4.69) is 4.57 Å². The molecule has 1 aromatic carbocycles. The Morgan fingerprint density at radius 3 is 2.33 bits per heavy atom. The highest BCUT2D eigenvalue weighted by Crippen LogP contribution is 2.03. The molecule has 0 aliphatic rings. The fourth-order valence-electron chi connectivity index (χ4n) is 0.775. The summed E-state index contributed by atoms with van der Waals surface area (Å²) in [5, 5.41) is 26.2. The second-order valence-electron chi connectivity index (χ2n) is 2.19. The molecule has 61 valence electrons. The maximum Gasteiger partial charge on any atom is 0.477 e. The molecule has 0 saturated heterocycles. The van der Waals surface area contributed by atoms with Gasteiger partial charge in [0.1, 0.15) is 5.75 Å². The molecule has 0 atom stereocenters. The molecule has 0 heterocycles. The lowest BCUT2D eigenvalue weighted by atomic mass is 9.78. The molecule has 0 bridgehead atoms. The molecule has 1 radical (unpaired) electrons. The Morgan fingerprint density at radius 2 is 1.83 bits per heavy atom. The predicted molar refractivity (Wildman–Crippen MR) is 44.8 cm³/mol. The van der Waals surface area contributed by atoms with Gasteiger partial charge in [0, 0.05) is 0 Å². The molecule has 0 fully saturated rings. The molecule has 0 aliphatic heterocycles. The van der Waals surface area contributed by atoms with Crippen molar-refractivity contribution in [3.63, 3.8) is 0 Å². The summed E-state index contributed by atoms with van der Waals surface area (Å²) < 4.78 is 4.37. The molecular weight excluding hydrogens is 158 g/mol. The molecule has 0 aliphatic carbocycles. The van der Waals surface area contributed by atoms with Crippen LogP contribution in [-0.4, -0.2) is 30.0 Å². The van der Waals surface area contributed by atoms with Crippen LogP contribution in [0.5, 0.6) is 5.75 Å². The summed E-state index contributed by atoms with van der Waals surface area (Å²) in [7, 11) is -0.784. The molecule has 0 unspecified atom stereocenters. The third-order valence-corrected chi connectivity index (χ3v) is 1.37. The molecule has 0 saturated carbocycles. The molecule has 1 rings (SSSR count). The molecule has 0 amide bonds. The van der Waals surface area contributed by atoms with E-state index < -0.39 is 7.12 Å². The zero-order valence-corrected chi connectivity index (χ0v) is 6.21. The van der Waals surface area contributed by atoms with Gasteiger partial charge in [-0.3, -0.25) is 0 Å². The third kappa shape index (κ3) is 2.27. The highest BCUT2D eigenvalue weighted by molar-refractivity contribution is 6.63. The Morgan fingerprint density at radius 1 is 1.25 bits per heavy atom. The summed E-state index contributed by atoms with van der Waals surface area (Å²) in [6, 6.07) is 5.81. The number of hydrogen-bond acceptors (Lipinski definition) is 4. The SMILES string of the molecule is O[B]OB(O)c1ccc(O)cc1. The Hall–Kier alpha value is -0.970. The molecule has 0 aromatic heterocycles. The molecule has 3 N–H and O–H groups in total. The van der Waals surface area contributed by atoms with Crippen molar-refractivity contribution in [2.75, 3.05) is 0 Å². The molecule has 6 heteroatoms. The number of phenolic OH excluding ortho intramolecular Hbond substituents is 1. The number of hydrogen-bond donors (Lipinski definition) is 3. The van der Waals surface area contributed by atoms with Gasteiger partial charge in [0.25, 0.3) is 0 Å². The van der Waals surface area contributed by atoms with E-state index in [1.54, 1.807) is 0 Å². The number of phenols is 1. The number of rotatable bonds is 3. The largest absolute Gasteiger partial charge is 0.508 e. The molecule has 0 spiro atoms. The fourth-order valence-corrected chi connectivity index (χ4v) is 0.775. The van der Waals surface area contributed by atoms with Crippen LogP contribution < -0.4 is 5.46 Å². The van der Waals surface area contributed by atoms with Crippen LogP contribution in [0.3, 0.4) is 0 Å². The van der Waals surface area contributed by atoms with Crippen LogP contribution >= 0.6 is 0 Å². The molecule has 4 nitrogen and oxygen atoms in total. The van der Waals surface area contributed by atoms with Crippen molar-refractivity contribution in [2.45, 2.75) is 0 Å². The van der Waals surface area contributed by atoms with E-state index >= 15 is 0 Å². The zero-order valence-electron chi connectivity index (χ0n) is 6.21. The van der Waals surface area contributed by atoms with Crippen molar-refractivity contribution in [3.8, 4) is 5.75 Å². The summed E-state index contributed by atoms with van der Waals surface area (Å²) in [6.07, 6.45) is 0. The quantitative estimate of drug-likeness (QED) is 0.482. The van der Waals surface area contributed by atoms with Crippen LogP contribution in [0.1, 0.15) is 0 Å². The van der Waals surface area contributed by atoms with Crippen LogP contribution in [-0.2, 0) is 4.57 Å². The minimum Gasteiger partial charge on any atom is -0.508 e.